The van der Waals surface area contributed by atoms with Crippen LogP contribution in [0.3, 0.4) is 0 Å². The quantitative estimate of drug-likeness (QED) is 0.727. The summed E-state index contributed by atoms with van der Waals surface area (Å²) in [7, 11) is 0. The van der Waals surface area contributed by atoms with E-state index < -0.39 is 11.9 Å². The Labute approximate surface area is 119 Å². The van der Waals surface area contributed by atoms with Gasteiger partial charge in [0.1, 0.15) is 6.10 Å². The lowest BCUT2D eigenvalue weighted by Gasteiger charge is -2.14. The molecule has 1 aromatic heterocycles. The molecule has 1 heterocycles. The number of hydrogen-bond donors (Lipinski definition) is 2. The van der Waals surface area contributed by atoms with E-state index in [0.29, 0.717) is 16.7 Å². The molecule has 0 radical (unpaired) electrons. The number of thioether (sulfide) groups is 1. The lowest BCUT2D eigenvalue weighted by molar-refractivity contribution is 0.217. The summed E-state index contributed by atoms with van der Waals surface area (Å²) in [5.41, 5.74) is 2.62. The molecule has 0 bridgehead atoms. The van der Waals surface area contributed by atoms with Crippen molar-refractivity contribution in [2.24, 2.45) is 0 Å². The second kappa shape index (κ2) is 5.19. The molecule has 2 N–H and O–H groups in total. The van der Waals surface area contributed by atoms with Crippen molar-refractivity contribution in [1.82, 2.24) is 4.98 Å². The molecule has 0 spiro atoms. The van der Waals surface area contributed by atoms with Crippen molar-refractivity contribution in [1.29, 1.82) is 0 Å². The number of benzene rings is 2. The van der Waals surface area contributed by atoms with Crippen LogP contribution in [0.25, 0.3) is 11.1 Å². The number of aliphatic hydroxyl groups excluding tert-OH is 1. The maximum Gasteiger partial charge on any atom is 0.417 e. The van der Waals surface area contributed by atoms with Crippen LogP contribution < -0.4 is 5.76 Å². The first-order chi connectivity index (χ1) is 9.69. The van der Waals surface area contributed by atoms with Crippen LogP contribution in [0.5, 0.6) is 0 Å². The Hall–Kier alpha value is -1.98. The SMILES string of the molecule is CSc1ccccc1C(O)c1ccc2[nH]c(=O)oc2c1. The van der Waals surface area contributed by atoms with Gasteiger partial charge in [0.15, 0.2) is 5.58 Å². The van der Waals surface area contributed by atoms with Gasteiger partial charge in [-0.3, -0.25) is 4.98 Å². The average Bonchev–Trinajstić information content (AvgIpc) is 2.85. The molecular formula is C15H13NO3S. The minimum atomic E-state index is -0.747. The number of aliphatic hydroxyl groups is 1. The number of oxazole rings is 1. The second-order valence-corrected chi connectivity index (χ2v) is 5.26. The zero-order valence-electron chi connectivity index (χ0n) is 10.8. The number of hydrogen-bond acceptors (Lipinski definition) is 4. The maximum absolute atomic E-state index is 11.2. The Morgan fingerprint density at radius 2 is 2.05 bits per heavy atom. The van der Waals surface area contributed by atoms with Crippen LogP contribution in [0.4, 0.5) is 0 Å². The first-order valence-electron chi connectivity index (χ1n) is 6.13. The molecule has 0 fully saturated rings. The zero-order chi connectivity index (χ0) is 14.1. The number of aromatic nitrogens is 1. The first kappa shape index (κ1) is 13.0. The molecule has 0 aliphatic heterocycles. The Morgan fingerprint density at radius 1 is 1.25 bits per heavy atom. The molecule has 5 heteroatoms. The fourth-order valence-electron chi connectivity index (χ4n) is 2.20. The van der Waals surface area contributed by atoms with E-state index in [1.54, 1.807) is 30.0 Å². The van der Waals surface area contributed by atoms with E-state index in [0.717, 1.165) is 10.5 Å². The maximum atomic E-state index is 11.2. The highest BCUT2D eigenvalue weighted by Gasteiger charge is 2.15. The summed E-state index contributed by atoms with van der Waals surface area (Å²) in [6.45, 7) is 0. The van der Waals surface area contributed by atoms with E-state index >= 15 is 0 Å². The second-order valence-electron chi connectivity index (χ2n) is 4.41. The number of nitrogens with one attached hydrogen (secondary N) is 1. The van der Waals surface area contributed by atoms with Gasteiger partial charge < -0.3 is 9.52 Å². The lowest BCUT2D eigenvalue weighted by Crippen LogP contribution is -2.01. The number of H-pyrrole nitrogens is 1. The van der Waals surface area contributed by atoms with Gasteiger partial charge in [-0.25, -0.2) is 4.79 Å². The Kier molecular flexibility index (Phi) is 3.38. The van der Waals surface area contributed by atoms with E-state index in [2.05, 4.69) is 4.98 Å². The average molecular weight is 287 g/mol. The highest BCUT2D eigenvalue weighted by molar-refractivity contribution is 7.98. The van der Waals surface area contributed by atoms with Gasteiger partial charge in [-0.2, -0.15) is 0 Å². The zero-order valence-corrected chi connectivity index (χ0v) is 11.6. The molecule has 0 saturated heterocycles. The van der Waals surface area contributed by atoms with Crippen molar-refractivity contribution in [3.05, 3.63) is 64.1 Å². The molecule has 2 aromatic carbocycles. The van der Waals surface area contributed by atoms with Gasteiger partial charge >= 0.3 is 5.76 Å². The molecule has 20 heavy (non-hydrogen) atoms. The van der Waals surface area contributed by atoms with Crippen LogP contribution in [-0.2, 0) is 0 Å². The summed E-state index contributed by atoms with van der Waals surface area (Å²) < 4.78 is 5.02. The van der Waals surface area contributed by atoms with Gasteiger partial charge in [-0.1, -0.05) is 24.3 Å². The fourth-order valence-corrected chi connectivity index (χ4v) is 2.83. The largest absolute Gasteiger partial charge is 0.417 e. The smallest absolute Gasteiger partial charge is 0.408 e. The third-order valence-corrected chi connectivity index (χ3v) is 4.01. The van der Waals surface area contributed by atoms with Crippen molar-refractivity contribution in [3.63, 3.8) is 0 Å². The molecule has 1 atom stereocenters. The van der Waals surface area contributed by atoms with Crippen molar-refractivity contribution in [2.45, 2.75) is 11.0 Å². The molecule has 0 aliphatic rings. The monoisotopic (exact) mass is 287 g/mol. The van der Waals surface area contributed by atoms with Gasteiger partial charge in [0, 0.05) is 4.90 Å². The highest BCUT2D eigenvalue weighted by Crippen LogP contribution is 2.31. The Bertz CT molecular complexity index is 806. The van der Waals surface area contributed by atoms with Crippen LogP contribution in [-0.4, -0.2) is 16.3 Å². The van der Waals surface area contributed by atoms with Gasteiger partial charge in [0.05, 0.1) is 5.52 Å². The minimum Gasteiger partial charge on any atom is -0.408 e. The van der Waals surface area contributed by atoms with E-state index in [1.807, 2.05) is 30.5 Å². The van der Waals surface area contributed by atoms with Crippen LogP contribution in [0.15, 0.2) is 56.6 Å². The minimum absolute atomic E-state index is 0.452. The fraction of sp³-hybridized carbons (Fsp3) is 0.133. The third kappa shape index (κ3) is 2.26. The lowest BCUT2D eigenvalue weighted by atomic mass is 10.0. The molecule has 3 aromatic rings. The van der Waals surface area contributed by atoms with Gasteiger partial charge in [0.25, 0.3) is 0 Å². The summed E-state index contributed by atoms with van der Waals surface area (Å²) in [5, 5.41) is 10.5. The third-order valence-electron chi connectivity index (χ3n) is 3.19. The first-order valence-corrected chi connectivity index (χ1v) is 7.35. The highest BCUT2D eigenvalue weighted by atomic mass is 32.2. The van der Waals surface area contributed by atoms with Crippen molar-refractivity contribution in [3.8, 4) is 0 Å². The summed E-state index contributed by atoms with van der Waals surface area (Å²) in [6.07, 6.45) is 1.23. The summed E-state index contributed by atoms with van der Waals surface area (Å²) in [4.78, 5) is 14.8. The molecule has 3 rings (SSSR count). The van der Waals surface area contributed by atoms with Gasteiger partial charge in [0.2, 0.25) is 0 Å². The molecule has 0 aliphatic carbocycles. The van der Waals surface area contributed by atoms with E-state index in [1.165, 1.54) is 0 Å². The predicted molar refractivity (Wildman–Crippen MR) is 79.1 cm³/mol. The van der Waals surface area contributed by atoms with Crippen molar-refractivity contribution >= 4 is 22.9 Å². The van der Waals surface area contributed by atoms with Crippen LogP contribution in [0.2, 0.25) is 0 Å². The van der Waals surface area contributed by atoms with Crippen LogP contribution in [0.1, 0.15) is 17.2 Å². The van der Waals surface area contributed by atoms with Gasteiger partial charge in [-0.05, 0) is 35.6 Å². The van der Waals surface area contributed by atoms with Crippen molar-refractivity contribution < 1.29 is 9.52 Å². The van der Waals surface area contributed by atoms with E-state index in [-0.39, 0.29) is 0 Å². The molecule has 4 nitrogen and oxygen atoms in total. The summed E-state index contributed by atoms with van der Waals surface area (Å²) in [5.74, 6) is -0.490. The Morgan fingerprint density at radius 3 is 2.85 bits per heavy atom. The summed E-state index contributed by atoms with van der Waals surface area (Å²) in [6, 6.07) is 12.9. The molecule has 102 valence electrons. The topological polar surface area (TPSA) is 66.2 Å². The molecule has 1 unspecified atom stereocenters. The summed E-state index contributed by atoms with van der Waals surface area (Å²) >= 11 is 1.59. The van der Waals surface area contributed by atoms with Gasteiger partial charge in [-0.15, -0.1) is 11.8 Å². The number of rotatable bonds is 3. The predicted octanol–water partition coefficient (Wildman–Crippen LogP) is 2.92. The normalized spacial score (nSPS) is 12.7. The molecule has 0 amide bonds. The molecular weight excluding hydrogens is 274 g/mol. The Balaban J connectivity index is 2.07. The molecule has 0 saturated carbocycles. The standard InChI is InChI=1S/C15H13NO3S/c1-20-13-5-3-2-4-10(13)14(17)9-6-7-11-12(8-9)19-15(18)16-11/h2-8,14,17H,1H3,(H,16,18). The van der Waals surface area contributed by atoms with E-state index in [9.17, 15) is 9.90 Å². The number of fused-ring (bicyclic) bond motifs is 1. The van der Waals surface area contributed by atoms with Crippen LogP contribution in [0, 0.1) is 0 Å². The van der Waals surface area contributed by atoms with Crippen LogP contribution >= 0.6 is 11.8 Å². The van der Waals surface area contributed by atoms with Crippen molar-refractivity contribution in [2.75, 3.05) is 6.26 Å². The number of aromatic amines is 1. The van der Waals surface area contributed by atoms with E-state index in [4.69, 9.17) is 4.42 Å².